The fourth-order valence-corrected chi connectivity index (χ4v) is 4.29. The van der Waals surface area contributed by atoms with E-state index in [0.717, 1.165) is 15.6 Å². The fraction of sp³-hybridized carbons (Fsp3) is 0.0800. The minimum Gasteiger partial charge on any atom is -0.487 e. The Balaban J connectivity index is 1.80. The molecule has 3 aromatic rings. The molecule has 1 amide bonds. The molecule has 0 aromatic heterocycles. The molecule has 3 rings (SSSR count). The van der Waals surface area contributed by atoms with Crippen LogP contribution in [0.15, 0.2) is 81.2 Å². The van der Waals surface area contributed by atoms with E-state index in [4.69, 9.17) is 9.84 Å². The highest BCUT2D eigenvalue weighted by Gasteiger charge is 2.14. The third-order valence-corrected chi connectivity index (χ3v) is 5.63. The van der Waals surface area contributed by atoms with Gasteiger partial charge in [-0.25, -0.2) is 4.79 Å². The van der Waals surface area contributed by atoms with Crippen molar-refractivity contribution in [3.05, 3.63) is 104 Å². The van der Waals surface area contributed by atoms with Crippen LogP contribution in [0.4, 0.5) is 0 Å². The first-order chi connectivity index (χ1) is 15.9. The second kappa shape index (κ2) is 11.5. The van der Waals surface area contributed by atoms with Crippen molar-refractivity contribution in [2.75, 3.05) is 0 Å². The maximum atomic E-state index is 12.6. The van der Waals surface area contributed by atoms with E-state index in [9.17, 15) is 14.9 Å². The number of nitriles is 1. The van der Waals surface area contributed by atoms with Gasteiger partial charge < -0.3 is 15.2 Å². The molecule has 0 bridgehead atoms. The number of carbonyl (C=O) groups excluding carboxylic acids is 1. The first kappa shape index (κ1) is 24.2. The van der Waals surface area contributed by atoms with Gasteiger partial charge in [0, 0.05) is 16.6 Å². The Bertz CT molecular complexity index is 1230. The molecule has 0 atom stereocenters. The predicted molar refractivity (Wildman–Crippen MR) is 131 cm³/mol. The predicted octanol–water partition coefficient (Wildman–Crippen LogP) is 5.71. The molecule has 0 spiro atoms. The van der Waals surface area contributed by atoms with E-state index in [1.54, 1.807) is 24.3 Å². The first-order valence-electron chi connectivity index (χ1n) is 9.75. The SMILES string of the molecule is N#C/C(=C\c1cc(Br)cc(Br)c1OCc1ccc(C(=O)O)cc1)C(=O)NCc1ccccc1. The van der Waals surface area contributed by atoms with Crippen LogP contribution < -0.4 is 10.1 Å². The molecule has 166 valence electrons. The first-order valence-corrected chi connectivity index (χ1v) is 11.3. The van der Waals surface area contributed by atoms with Crippen molar-refractivity contribution in [2.45, 2.75) is 13.2 Å². The molecular weight excluding hydrogens is 552 g/mol. The second-order valence-corrected chi connectivity index (χ2v) is 8.70. The molecule has 0 saturated heterocycles. The molecule has 3 aromatic carbocycles. The van der Waals surface area contributed by atoms with E-state index in [1.807, 2.05) is 36.4 Å². The van der Waals surface area contributed by atoms with Crippen LogP contribution in [-0.4, -0.2) is 17.0 Å². The summed E-state index contributed by atoms with van der Waals surface area (Å²) in [6.45, 7) is 0.472. The number of amides is 1. The van der Waals surface area contributed by atoms with E-state index >= 15 is 0 Å². The van der Waals surface area contributed by atoms with Crippen LogP contribution in [0.25, 0.3) is 6.08 Å². The summed E-state index contributed by atoms with van der Waals surface area (Å²) in [6.07, 6.45) is 1.47. The van der Waals surface area contributed by atoms with Crippen molar-refractivity contribution < 1.29 is 19.4 Å². The zero-order chi connectivity index (χ0) is 23.8. The Hall–Kier alpha value is -3.41. The normalized spacial score (nSPS) is 10.9. The summed E-state index contributed by atoms with van der Waals surface area (Å²) >= 11 is 6.89. The van der Waals surface area contributed by atoms with Crippen molar-refractivity contribution in [2.24, 2.45) is 0 Å². The number of carboxylic acids is 1. The Morgan fingerprint density at radius 1 is 1.03 bits per heavy atom. The fourth-order valence-electron chi connectivity index (χ4n) is 2.92. The lowest BCUT2D eigenvalue weighted by Gasteiger charge is -2.13. The molecule has 33 heavy (non-hydrogen) atoms. The average Bonchev–Trinajstić information content (AvgIpc) is 2.81. The summed E-state index contributed by atoms with van der Waals surface area (Å²) in [5.74, 6) is -1.04. The second-order valence-electron chi connectivity index (χ2n) is 6.93. The summed E-state index contributed by atoms with van der Waals surface area (Å²) < 4.78 is 7.33. The van der Waals surface area contributed by atoms with E-state index in [0.29, 0.717) is 22.3 Å². The molecule has 2 N–H and O–H groups in total. The number of hydrogen-bond donors (Lipinski definition) is 2. The molecule has 0 aliphatic heterocycles. The summed E-state index contributed by atoms with van der Waals surface area (Å²) in [5, 5.41) is 21.4. The smallest absolute Gasteiger partial charge is 0.335 e. The van der Waals surface area contributed by atoms with Gasteiger partial charge in [-0.3, -0.25) is 4.79 Å². The summed E-state index contributed by atoms with van der Waals surface area (Å²) in [6, 6.07) is 21.2. The van der Waals surface area contributed by atoms with Crippen molar-refractivity contribution in [1.29, 1.82) is 5.26 Å². The van der Waals surface area contributed by atoms with E-state index in [-0.39, 0.29) is 17.7 Å². The third kappa shape index (κ3) is 6.78. The summed E-state index contributed by atoms with van der Waals surface area (Å²) in [5.41, 5.74) is 2.35. The van der Waals surface area contributed by atoms with Gasteiger partial charge in [-0.05, 0) is 57.4 Å². The molecule has 0 radical (unpaired) electrons. The number of ether oxygens (including phenoxy) is 1. The highest BCUT2D eigenvalue weighted by molar-refractivity contribution is 9.11. The van der Waals surface area contributed by atoms with Crippen molar-refractivity contribution in [3.8, 4) is 11.8 Å². The minimum atomic E-state index is -1.000. The van der Waals surface area contributed by atoms with Gasteiger partial charge in [-0.2, -0.15) is 5.26 Å². The lowest BCUT2D eigenvalue weighted by atomic mass is 10.1. The number of carbonyl (C=O) groups is 2. The van der Waals surface area contributed by atoms with Crippen molar-refractivity contribution >= 4 is 49.8 Å². The Morgan fingerprint density at radius 2 is 1.73 bits per heavy atom. The van der Waals surface area contributed by atoms with Gasteiger partial charge in [0.25, 0.3) is 5.91 Å². The highest BCUT2D eigenvalue weighted by atomic mass is 79.9. The Kier molecular flexibility index (Phi) is 8.41. The number of nitrogens with zero attached hydrogens (tertiary/aromatic N) is 1. The standard InChI is InChI=1S/C25H18Br2N2O4/c26-21-11-19(10-20(13-28)24(30)29-14-16-4-2-1-3-5-16)23(22(27)12-21)33-15-17-6-8-18(9-7-17)25(31)32/h1-12H,14-15H2,(H,29,30)(H,31,32)/b20-10+. The van der Waals surface area contributed by atoms with Crippen molar-refractivity contribution in [3.63, 3.8) is 0 Å². The Labute approximate surface area is 207 Å². The molecular formula is C25H18Br2N2O4. The van der Waals surface area contributed by atoms with Gasteiger partial charge in [0.2, 0.25) is 0 Å². The number of halogens is 2. The van der Waals surface area contributed by atoms with Crippen LogP contribution in [0.1, 0.15) is 27.0 Å². The lowest BCUT2D eigenvalue weighted by molar-refractivity contribution is -0.117. The molecule has 0 fully saturated rings. The topological polar surface area (TPSA) is 99.4 Å². The Morgan fingerprint density at radius 3 is 2.36 bits per heavy atom. The molecule has 8 heteroatoms. The monoisotopic (exact) mass is 568 g/mol. The van der Waals surface area contributed by atoms with E-state index < -0.39 is 11.9 Å². The average molecular weight is 570 g/mol. The molecule has 0 unspecified atom stereocenters. The number of carboxylic acid groups (broad SMARTS) is 1. The maximum Gasteiger partial charge on any atom is 0.335 e. The zero-order valence-electron chi connectivity index (χ0n) is 17.2. The molecule has 6 nitrogen and oxygen atoms in total. The minimum absolute atomic E-state index is 0.0633. The van der Waals surface area contributed by atoms with Crippen LogP contribution >= 0.6 is 31.9 Å². The molecule has 0 aliphatic rings. The van der Waals surface area contributed by atoms with Gasteiger partial charge in [0.15, 0.2) is 0 Å². The van der Waals surface area contributed by atoms with Gasteiger partial charge >= 0.3 is 5.97 Å². The van der Waals surface area contributed by atoms with Crippen LogP contribution in [-0.2, 0) is 17.9 Å². The number of hydrogen-bond acceptors (Lipinski definition) is 4. The third-order valence-electron chi connectivity index (χ3n) is 4.58. The summed E-state index contributed by atoms with van der Waals surface area (Å²) in [4.78, 5) is 23.6. The molecule has 0 saturated carbocycles. The van der Waals surface area contributed by atoms with E-state index in [2.05, 4.69) is 37.2 Å². The van der Waals surface area contributed by atoms with Crippen LogP contribution in [0, 0.1) is 11.3 Å². The van der Waals surface area contributed by atoms with Crippen LogP contribution in [0.3, 0.4) is 0 Å². The van der Waals surface area contributed by atoms with Crippen LogP contribution in [0.2, 0.25) is 0 Å². The van der Waals surface area contributed by atoms with E-state index in [1.165, 1.54) is 18.2 Å². The van der Waals surface area contributed by atoms with Gasteiger partial charge in [0.1, 0.15) is 24.0 Å². The van der Waals surface area contributed by atoms with Gasteiger partial charge in [-0.15, -0.1) is 0 Å². The van der Waals surface area contributed by atoms with Crippen molar-refractivity contribution in [1.82, 2.24) is 5.32 Å². The van der Waals surface area contributed by atoms with Gasteiger partial charge in [-0.1, -0.05) is 58.4 Å². The quantitative estimate of drug-likeness (QED) is 0.267. The van der Waals surface area contributed by atoms with Crippen LogP contribution in [0.5, 0.6) is 5.75 Å². The highest BCUT2D eigenvalue weighted by Crippen LogP contribution is 2.35. The molecule has 0 heterocycles. The number of benzene rings is 3. The number of rotatable bonds is 8. The van der Waals surface area contributed by atoms with Gasteiger partial charge in [0.05, 0.1) is 10.0 Å². The number of aromatic carboxylic acids is 1. The lowest BCUT2D eigenvalue weighted by Crippen LogP contribution is -2.23. The zero-order valence-corrected chi connectivity index (χ0v) is 20.4. The maximum absolute atomic E-state index is 12.6. The largest absolute Gasteiger partial charge is 0.487 e. The molecule has 0 aliphatic carbocycles. The number of nitrogens with one attached hydrogen (secondary N) is 1. The summed E-state index contributed by atoms with van der Waals surface area (Å²) in [7, 11) is 0.